The smallest absolute Gasteiger partial charge is 0.414 e. The summed E-state index contributed by atoms with van der Waals surface area (Å²) in [7, 11) is 0. The van der Waals surface area contributed by atoms with Crippen LogP contribution in [0.3, 0.4) is 0 Å². The van der Waals surface area contributed by atoms with Gasteiger partial charge in [0, 0.05) is 17.1 Å². The Hall–Kier alpha value is -3.75. The molecule has 4 rings (SSSR count). The van der Waals surface area contributed by atoms with E-state index >= 15 is 0 Å². The molecule has 0 aliphatic heterocycles. The predicted molar refractivity (Wildman–Crippen MR) is 123 cm³/mol. The number of hydrogen-bond acceptors (Lipinski definition) is 4. The Balaban J connectivity index is 0.000000454. The Kier molecular flexibility index (Phi) is 8.12. The van der Waals surface area contributed by atoms with Crippen molar-refractivity contribution in [2.24, 2.45) is 0 Å². The number of benzene rings is 3. The number of nitrogens with one attached hydrogen (secondary N) is 2. The summed E-state index contributed by atoms with van der Waals surface area (Å²) >= 11 is 6.18. The molecule has 1 atom stereocenters. The first-order chi connectivity index (χ1) is 15.8. The molecular weight excluding hydrogens is 449 g/mol. The average Bonchev–Trinajstić information content (AvgIpc) is 3.23. The number of carbonyl (C=O) groups is 2. The van der Waals surface area contributed by atoms with Crippen molar-refractivity contribution in [3.05, 3.63) is 101 Å². The molecule has 0 radical (unpaired) electrons. The summed E-state index contributed by atoms with van der Waals surface area (Å²) in [6, 6.07) is 22.7. The van der Waals surface area contributed by atoms with Crippen LogP contribution in [0, 0.1) is 5.82 Å². The monoisotopic (exact) mass is 469 g/mol. The van der Waals surface area contributed by atoms with Crippen molar-refractivity contribution in [1.29, 1.82) is 0 Å². The molecular formula is C24H21ClFN3O4. The van der Waals surface area contributed by atoms with Gasteiger partial charge in [0.15, 0.2) is 0 Å². The fraction of sp³-hybridized carbons (Fsp3) is 0.125. The first-order valence-electron chi connectivity index (χ1n) is 9.96. The zero-order valence-electron chi connectivity index (χ0n) is 17.3. The minimum absolute atomic E-state index is 0.101. The van der Waals surface area contributed by atoms with Crippen molar-refractivity contribution in [3.63, 3.8) is 0 Å². The van der Waals surface area contributed by atoms with Crippen molar-refractivity contribution in [1.82, 2.24) is 15.3 Å². The summed E-state index contributed by atoms with van der Waals surface area (Å²) in [6.45, 7) is 0.319. The molecule has 0 saturated carbocycles. The molecule has 1 aromatic heterocycles. The van der Waals surface area contributed by atoms with Gasteiger partial charge in [0.1, 0.15) is 11.6 Å². The molecule has 1 heterocycles. The van der Waals surface area contributed by atoms with Gasteiger partial charge >= 0.3 is 11.9 Å². The Morgan fingerprint density at radius 3 is 2.27 bits per heavy atom. The van der Waals surface area contributed by atoms with E-state index in [1.807, 2.05) is 42.5 Å². The standard InChI is InChI=1S/C22H19ClFN3.C2H2O4/c23-17-9-6-10-18(24)16(17)14-25-21(13-15-7-2-1-3-8-15)22-26-19-11-4-5-12-20(19)27-22;3-1(4)2(5)6/h1-12,21,25H,13-14H2,(H,26,27);(H,3,4)(H,5,6). The summed E-state index contributed by atoms with van der Waals surface area (Å²) in [5, 5.41) is 18.6. The lowest BCUT2D eigenvalue weighted by molar-refractivity contribution is -0.159. The second-order valence-corrected chi connectivity index (χ2v) is 7.48. The zero-order valence-corrected chi connectivity index (χ0v) is 18.1. The maximum atomic E-state index is 14.1. The van der Waals surface area contributed by atoms with E-state index in [1.54, 1.807) is 12.1 Å². The van der Waals surface area contributed by atoms with Crippen molar-refractivity contribution in [2.75, 3.05) is 0 Å². The van der Waals surface area contributed by atoms with Crippen molar-refractivity contribution >= 4 is 34.6 Å². The Morgan fingerprint density at radius 2 is 1.64 bits per heavy atom. The molecule has 4 N–H and O–H groups in total. The number of carboxylic acids is 2. The fourth-order valence-electron chi connectivity index (χ4n) is 3.18. The van der Waals surface area contributed by atoms with Crippen LogP contribution in [-0.2, 0) is 22.6 Å². The molecule has 3 aromatic carbocycles. The number of carboxylic acid groups (broad SMARTS) is 2. The maximum absolute atomic E-state index is 14.1. The highest BCUT2D eigenvalue weighted by Crippen LogP contribution is 2.23. The number of para-hydroxylation sites is 2. The predicted octanol–water partition coefficient (Wildman–Crippen LogP) is 4.58. The maximum Gasteiger partial charge on any atom is 0.414 e. The number of imidazole rings is 1. The third-order valence-corrected chi connectivity index (χ3v) is 5.14. The third-order valence-electron chi connectivity index (χ3n) is 4.79. The lowest BCUT2D eigenvalue weighted by Crippen LogP contribution is -2.24. The van der Waals surface area contributed by atoms with Crippen LogP contribution in [-0.4, -0.2) is 32.1 Å². The van der Waals surface area contributed by atoms with Crippen LogP contribution < -0.4 is 5.32 Å². The molecule has 0 amide bonds. The zero-order chi connectivity index (χ0) is 23.8. The molecule has 0 bridgehead atoms. The summed E-state index contributed by atoms with van der Waals surface area (Å²) in [4.78, 5) is 26.3. The first kappa shape index (κ1) is 23.9. The van der Waals surface area contributed by atoms with E-state index in [2.05, 4.69) is 22.4 Å². The Morgan fingerprint density at radius 1 is 0.970 bits per heavy atom. The highest BCUT2D eigenvalue weighted by molar-refractivity contribution is 6.31. The van der Waals surface area contributed by atoms with E-state index in [9.17, 15) is 4.39 Å². The van der Waals surface area contributed by atoms with Crippen molar-refractivity contribution in [3.8, 4) is 0 Å². The van der Waals surface area contributed by atoms with Crippen LogP contribution >= 0.6 is 11.6 Å². The first-order valence-corrected chi connectivity index (χ1v) is 10.3. The fourth-order valence-corrected chi connectivity index (χ4v) is 3.41. The van der Waals surface area contributed by atoms with Crippen molar-refractivity contribution in [2.45, 2.75) is 19.0 Å². The van der Waals surface area contributed by atoms with Crippen LogP contribution in [0.4, 0.5) is 4.39 Å². The number of aliphatic carboxylic acids is 2. The Bertz CT molecular complexity index is 1180. The van der Waals surface area contributed by atoms with Gasteiger partial charge in [-0.3, -0.25) is 0 Å². The molecule has 7 nitrogen and oxygen atoms in total. The number of aromatic nitrogens is 2. The van der Waals surface area contributed by atoms with Gasteiger partial charge in [-0.2, -0.15) is 0 Å². The van der Waals surface area contributed by atoms with Gasteiger partial charge in [0.2, 0.25) is 0 Å². The highest BCUT2D eigenvalue weighted by atomic mass is 35.5. The topological polar surface area (TPSA) is 115 Å². The molecule has 0 fully saturated rings. The van der Waals surface area contributed by atoms with Gasteiger partial charge in [-0.05, 0) is 36.2 Å². The highest BCUT2D eigenvalue weighted by Gasteiger charge is 2.18. The second-order valence-electron chi connectivity index (χ2n) is 7.07. The summed E-state index contributed by atoms with van der Waals surface area (Å²) in [6.07, 6.45) is 0.729. The molecule has 33 heavy (non-hydrogen) atoms. The van der Waals surface area contributed by atoms with Gasteiger partial charge in [0.05, 0.1) is 17.1 Å². The molecule has 4 aromatic rings. The van der Waals surface area contributed by atoms with E-state index < -0.39 is 11.9 Å². The van der Waals surface area contributed by atoms with E-state index in [-0.39, 0.29) is 11.9 Å². The molecule has 1 unspecified atom stereocenters. The molecule has 0 spiro atoms. The molecule has 0 aliphatic carbocycles. The Labute approximate surface area is 193 Å². The minimum Gasteiger partial charge on any atom is -0.473 e. The van der Waals surface area contributed by atoms with Crippen LogP contribution in [0.1, 0.15) is 23.0 Å². The van der Waals surface area contributed by atoms with Gasteiger partial charge in [-0.1, -0.05) is 60.1 Å². The van der Waals surface area contributed by atoms with Crippen LogP contribution in [0.25, 0.3) is 11.0 Å². The molecule has 0 aliphatic rings. The van der Waals surface area contributed by atoms with Gasteiger partial charge in [0.25, 0.3) is 0 Å². The minimum atomic E-state index is -1.82. The largest absolute Gasteiger partial charge is 0.473 e. The summed E-state index contributed by atoms with van der Waals surface area (Å²) in [5.41, 5.74) is 3.54. The van der Waals surface area contributed by atoms with Crippen LogP contribution in [0.5, 0.6) is 0 Å². The summed E-state index contributed by atoms with van der Waals surface area (Å²) in [5.74, 6) is -3.13. The van der Waals surface area contributed by atoms with Gasteiger partial charge in [-0.15, -0.1) is 0 Å². The normalized spacial score (nSPS) is 11.5. The number of hydrogen-bond donors (Lipinski definition) is 4. The molecule has 170 valence electrons. The van der Waals surface area contributed by atoms with E-state index in [0.29, 0.717) is 17.1 Å². The third kappa shape index (κ3) is 6.61. The van der Waals surface area contributed by atoms with Gasteiger partial charge in [-0.25, -0.2) is 19.0 Å². The summed E-state index contributed by atoms with van der Waals surface area (Å²) < 4.78 is 14.1. The number of rotatable bonds is 6. The number of nitrogens with zero attached hydrogens (tertiary/aromatic N) is 1. The second kappa shape index (κ2) is 11.2. The number of aromatic amines is 1. The van der Waals surface area contributed by atoms with E-state index in [0.717, 1.165) is 23.3 Å². The quantitative estimate of drug-likeness (QED) is 0.307. The van der Waals surface area contributed by atoms with Crippen LogP contribution in [0.15, 0.2) is 72.8 Å². The lowest BCUT2D eigenvalue weighted by Gasteiger charge is -2.18. The average molecular weight is 470 g/mol. The molecule has 9 heteroatoms. The van der Waals surface area contributed by atoms with Gasteiger partial charge < -0.3 is 20.5 Å². The lowest BCUT2D eigenvalue weighted by atomic mass is 10.0. The van der Waals surface area contributed by atoms with Crippen molar-refractivity contribution < 1.29 is 24.2 Å². The SMILES string of the molecule is Fc1cccc(Cl)c1CNC(Cc1ccccc1)c1nc2ccccc2[nH]1.O=C(O)C(=O)O. The van der Waals surface area contributed by atoms with E-state index in [1.165, 1.54) is 11.6 Å². The number of fused-ring (bicyclic) bond motifs is 1. The van der Waals surface area contributed by atoms with Crippen LogP contribution in [0.2, 0.25) is 5.02 Å². The van der Waals surface area contributed by atoms with E-state index in [4.69, 9.17) is 36.4 Å². The molecule has 0 saturated heterocycles. The number of halogens is 2. The number of H-pyrrole nitrogens is 1.